The van der Waals surface area contributed by atoms with Gasteiger partial charge in [0.15, 0.2) is 0 Å². The molecule has 0 radical (unpaired) electrons. The lowest BCUT2D eigenvalue weighted by Crippen LogP contribution is -2.39. The van der Waals surface area contributed by atoms with Gasteiger partial charge in [0, 0.05) is 18.8 Å². The van der Waals surface area contributed by atoms with Crippen molar-refractivity contribution in [3.63, 3.8) is 0 Å². The van der Waals surface area contributed by atoms with Gasteiger partial charge in [-0.2, -0.15) is 18.4 Å². The zero-order valence-electron chi connectivity index (χ0n) is 16.9. The van der Waals surface area contributed by atoms with Crippen LogP contribution in [0.1, 0.15) is 24.5 Å². The third-order valence-electron chi connectivity index (χ3n) is 4.38. The molecule has 0 saturated carbocycles. The molecule has 0 spiro atoms. The van der Waals surface area contributed by atoms with Crippen molar-refractivity contribution < 1.29 is 22.7 Å². The van der Waals surface area contributed by atoms with Crippen molar-refractivity contribution >= 4 is 11.6 Å². The molecule has 2 rings (SSSR count). The molecule has 0 aliphatic rings. The second kappa shape index (κ2) is 10.6. The maximum absolute atomic E-state index is 13.2. The SMILES string of the molecule is CCOc1ccc(N(CCC#N)C(=O)CN(C)Cc2ccccc2C(F)(F)F)cc1. The molecule has 0 N–H and O–H groups in total. The normalized spacial score (nSPS) is 11.2. The minimum absolute atomic E-state index is 0.0310. The molecule has 0 atom stereocenters. The summed E-state index contributed by atoms with van der Waals surface area (Å²) in [6, 6.07) is 14.2. The number of rotatable bonds is 9. The zero-order valence-corrected chi connectivity index (χ0v) is 16.9. The molecule has 160 valence electrons. The topological polar surface area (TPSA) is 56.6 Å². The van der Waals surface area contributed by atoms with Crippen LogP contribution in [0.3, 0.4) is 0 Å². The fraction of sp³-hybridized carbons (Fsp3) is 0.364. The van der Waals surface area contributed by atoms with Gasteiger partial charge in [0.2, 0.25) is 5.91 Å². The van der Waals surface area contributed by atoms with Gasteiger partial charge >= 0.3 is 6.18 Å². The third-order valence-corrected chi connectivity index (χ3v) is 4.38. The average molecular weight is 419 g/mol. The maximum Gasteiger partial charge on any atom is 0.416 e. The lowest BCUT2D eigenvalue weighted by atomic mass is 10.1. The van der Waals surface area contributed by atoms with Crippen molar-refractivity contribution in [2.24, 2.45) is 0 Å². The number of likely N-dealkylation sites (N-methyl/N-ethyl adjacent to an activating group) is 1. The van der Waals surface area contributed by atoms with Crippen LogP contribution in [0.15, 0.2) is 48.5 Å². The molecule has 0 aliphatic heterocycles. The minimum atomic E-state index is -4.46. The van der Waals surface area contributed by atoms with Crippen molar-refractivity contribution in [2.75, 3.05) is 31.6 Å². The Morgan fingerprint density at radius 1 is 1.13 bits per heavy atom. The Kier molecular flexibility index (Phi) is 8.25. The Labute approximate surface area is 174 Å². The largest absolute Gasteiger partial charge is 0.494 e. The number of hydrogen-bond acceptors (Lipinski definition) is 4. The van der Waals surface area contributed by atoms with Gasteiger partial charge in [-0.15, -0.1) is 0 Å². The van der Waals surface area contributed by atoms with Crippen LogP contribution in [-0.2, 0) is 17.5 Å². The van der Waals surface area contributed by atoms with E-state index < -0.39 is 11.7 Å². The smallest absolute Gasteiger partial charge is 0.416 e. The van der Waals surface area contributed by atoms with E-state index in [1.54, 1.807) is 37.4 Å². The summed E-state index contributed by atoms with van der Waals surface area (Å²) in [6.45, 7) is 2.45. The zero-order chi connectivity index (χ0) is 22.1. The Morgan fingerprint density at radius 3 is 2.40 bits per heavy atom. The molecule has 30 heavy (non-hydrogen) atoms. The molecule has 0 unspecified atom stereocenters. The van der Waals surface area contributed by atoms with E-state index in [0.29, 0.717) is 18.0 Å². The number of halogens is 3. The second-order valence-electron chi connectivity index (χ2n) is 6.71. The first-order chi connectivity index (χ1) is 14.3. The summed E-state index contributed by atoms with van der Waals surface area (Å²) >= 11 is 0. The highest BCUT2D eigenvalue weighted by atomic mass is 19.4. The van der Waals surface area contributed by atoms with Gasteiger partial charge in [0.1, 0.15) is 5.75 Å². The summed E-state index contributed by atoms with van der Waals surface area (Å²) in [4.78, 5) is 15.9. The highest BCUT2D eigenvalue weighted by Crippen LogP contribution is 2.32. The number of nitriles is 1. The predicted molar refractivity (Wildman–Crippen MR) is 108 cm³/mol. The van der Waals surface area contributed by atoms with Gasteiger partial charge in [-0.1, -0.05) is 18.2 Å². The van der Waals surface area contributed by atoms with Crippen molar-refractivity contribution in [2.45, 2.75) is 26.1 Å². The molecule has 1 amide bonds. The van der Waals surface area contributed by atoms with Crippen LogP contribution in [0.25, 0.3) is 0 Å². The van der Waals surface area contributed by atoms with E-state index in [9.17, 15) is 18.0 Å². The fourth-order valence-corrected chi connectivity index (χ4v) is 3.05. The van der Waals surface area contributed by atoms with E-state index in [4.69, 9.17) is 10.00 Å². The molecule has 5 nitrogen and oxygen atoms in total. The molecule has 0 heterocycles. The van der Waals surface area contributed by atoms with Crippen LogP contribution in [-0.4, -0.2) is 37.6 Å². The number of anilines is 1. The first kappa shape index (κ1) is 23.2. The predicted octanol–water partition coefficient (Wildman–Crippen LogP) is 4.48. The van der Waals surface area contributed by atoms with Crippen LogP contribution in [0.5, 0.6) is 5.75 Å². The third kappa shape index (κ3) is 6.49. The first-order valence-electron chi connectivity index (χ1n) is 9.50. The number of nitrogens with zero attached hydrogens (tertiary/aromatic N) is 3. The number of amides is 1. The standard InChI is InChI=1S/C22H24F3N3O2/c1-3-30-19-11-9-18(10-12-19)28(14-6-13-26)21(29)16-27(2)15-17-7-4-5-8-20(17)22(23,24)25/h4-5,7-12H,3,6,14-16H2,1-2H3. The number of alkyl halides is 3. The first-order valence-corrected chi connectivity index (χ1v) is 9.50. The quantitative estimate of drug-likeness (QED) is 0.601. The van der Waals surface area contributed by atoms with Gasteiger partial charge in [0.25, 0.3) is 0 Å². The Hall–Kier alpha value is -3.05. The summed E-state index contributed by atoms with van der Waals surface area (Å²) in [5.41, 5.74) is -0.00937. The number of benzene rings is 2. The van der Waals surface area contributed by atoms with Gasteiger partial charge in [-0.05, 0) is 49.9 Å². The van der Waals surface area contributed by atoms with Crippen molar-refractivity contribution in [3.8, 4) is 11.8 Å². The van der Waals surface area contributed by atoms with Crippen LogP contribution in [0.2, 0.25) is 0 Å². The summed E-state index contributed by atoms with van der Waals surface area (Å²) in [5.74, 6) is 0.358. The lowest BCUT2D eigenvalue weighted by molar-refractivity contribution is -0.138. The average Bonchev–Trinajstić information content (AvgIpc) is 2.69. The molecule has 8 heteroatoms. The van der Waals surface area contributed by atoms with E-state index in [0.717, 1.165) is 6.07 Å². The highest BCUT2D eigenvalue weighted by molar-refractivity contribution is 5.94. The van der Waals surface area contributed by atoms with Crippen LogP contribution >= 0.6 is 0 Å². The van der Waals surface area contributed by atoms with Crippen molar-refractivity contribution in [3.05, 3.63) is 59.7 Å². The fourth-order valence-electron chi connectivity index (χ4n) is 3.05. The molecular weight excluding hydrogens is 395 g/mol. The Morgan fingerprint density at radius 2 is 1.80 bits per heavy atom. The molecule has 0 saturated heterocycles. The van der Waals surface area contributed by atoms with E-state index in [1.165, 1.54) is 21.9 Å². The Bertz CT molecular complexity index is 876. The number of carbonyl (C=O) groups excluding carboxylic acids is 1. The van der Waals surface area contributed by atoms with E-state index in [1.807, 2.05) is 13.0 Å². The molecule has 0 bridgehead atoms. The van der Waals surface area contributed by atoms with E-state index >= 15 is 0 Å². The van der Waals surface area contributed by atoms with Crippen molar-refractivity contribution in [1.82, 2.24) is 4.90 Å². The Balaban J connectivity index is 2.13. The summed E-state index contributed by atoms with van der Waals surface area (Å²) in [5, 5.41) is 8.92. The van der Waals surface area contributed by atoms with Gasteiger partial charge in [-0.25, -0.2) is 0 Å². The van der Waals surface area contributed by atoms with Gasteiger partial charge in [-0.3, -0.25) is 9.69 Å². The minimum Gasteiger partial charge on any atom is -0.494 e. The van der Waals surface area contributed by atoms with Gasteiger partial charge in [0.05, 0.1) is 31.2 Å². The van der Waals surface area contributed by atoms with Crippen molar-refractivity contribution in [1.29, 1.82) is 5.26 Å². The van der Waals surface area contributed by atoms with Crippen LogP contribution < -0.4 is 9.64 Å². The number of hydrogen-bond donors (Lipinski definition) is 0. The van der Waals surface area contributed by atoms with Crippen LogP contribution in [0.4, 0.5) is 18.9 Å². The highest BCUT2D eigenvalue weighted by Gasteiger charge is 2.33. The summed E-state index contributed by atoms with van der Waals surface area (Å²) < 4.78 is 45.0. The maximum atomic E-state index is 13.2. The lowest BCUT2D eigenvalue weighted by Gasteiger charge is -2.26. The van der Waals surface area contributed by atoms with E-state index in [-0.39, 0.29) is 37.5 Å². The van der Waals surface area contributed by atoms with Gasteiger partial charge < -0.3 is 9.64 Å². The molecule has 0 aromatic heterocycles. The molecule has 2 aromatic rings. The molecular formula is C22H24F3N3O2. The summed E-state index contributed by atoms with van der Waals surface area (Å²) in [7, 11) is 1.59. The van der Waals surface area contributed by atoms with E-state index in [2.05, 4.69) is 0 Å². The second-order valence-corrected chi connectivity index (χ2v) is 6.71. The number of ether oxygens (including phenoxy) is 1. The van der Waals surface area contributed by atoms with Crippen LogP contribution in [0, 0.1) is 11.3 Å². The number of carbonyl (C=O) groups is 1. The molecule has 0 aliphatic carbocycles. The monoisotopic (exact) mass is 419 g/mol. The molecule has 2 aromatic carbocycles. The summed E-state index contributed by atoms with van der Waals surface area (Å²) in [6.07, 6.45) is -4.32. The molecule has 0 fully saturated rings.